The van der Waals surface area contributed by atoms with Crippen molar-refractivity contribution in [3.05, 3.63) is 34.2 Å². The summed E-state index contributed by atoms with van der Waals surface area (Å²) < 4.78 is 40.2. The molecular weight excluding hydrogens is 259 g/mol. The van der Waals surface area contributed by atoms with Gasteiger partial charge >= 0.3 is 6.18 Å². The van der Waals surface area contributed by atoms with Crippen LogP contribution in [0.2, 0.25) is 0 Å². The number of alkyl halides is 3. The van der Waals surface area contributed by atoms with Crippen LogP contribution in [-0.2, 0) is 0 Å². The highest BCUT2D eigenvalue weighted by Crippen LogP contribution is 2.43. The zero-order chi connectivity index (χ0) is 14.2. The predicted octanol–water partition coefficient (Wildman–Crippen LogP) is 2.42. The molecule has 1 aromatic rings. The van der Waals surface area contributed by atoms with Crippen molar-refractivity contribution in [2.45, 2.75) is 44.5 Å². The lowest BCUT2D eigenvalue weighted by molar-refractivity contribution is -0.198. The van der Waals surface area contributed by atoms with Crippen LogP contribution in [0.3, 0.4) is 0 Å². The highest BCUT2D eigenvalue weighted by Gasteiger charge is 2.48. The normalized spacial score (nSPS) is 28.4. The molecule has 6 heteroatoms. The van der Waals surface area contributed by atoms with E-state index in [4.69, 9.17) is 0 Å². The predicted molar refractivity (Wildman–Crippen MR) is 63.9 cm³/mol. The van der Waals surface area contributed by atoms with Crippen LogP contribution in [0.5, 0.6) is 0 Å². The van der Waals surface area contributed by atoms with Crippen molar-refractivity contribution in [1.29, 1.82) is 0 Å². The van der Waals surface area contributed by atoms with Gasteiger partial charge in [-0.15, -0.1) is 0 Å². The standard InChI is InChI=1S/C13H16F3NO2/c1-8-4-5-17(12(19)6-8)11-7-9(18)2-3-10(11)13(14,15)16/h4-6,9-11,18H,2-3,7H2,1H3. The third-order valence-electron chi connectivity index (χ3n) is 3.67. The summed E-state index contributed by atoms with van der Waals surface area (Å²) in [7, 11) is 0. The summed E-state index contributed by atoms with van der Waals surface area (Å²) in [5.41, 5.74) is 0.259. The monoisotopic (exact) mass is 275 g/mol. The van der Waals surface area contributed by atoms with E-state index in [9.17, 15) is 23.1 Å². The molecule has 3 atom stereocenters. The number of aliphatic hydroxyl groups is 1. The zero-order valence-corrected chi connectivity index (χ0v) is 10.5. The van der Waals surface area contributed by atoms with E-state index in [1.807, 2.05) is 0 Å². The number of aryl methyl sites for hydroxylation is 1. The van der Waals surface area contributed by atoms with E-state index in [-0.39, 0.29) is 19.3 Å². The number of hydrogen-bond donors (Lipinski definition) is 1. The first-order chi connectivity index (χ1) is 8.79. The highest BCUT2D eigenvalue weighted by molar-refractivity contribution is 5.09. The van der Waals surface area contributed by atoms with Crippen molar-refractivity contribution < 1.29 is 18.3 Å². The summed E-state index contributed by atoms with van der Waals surface area (Å²) in [4.78, 5) is 11.8. The summed E-state index contributed by atoms with van der Waals surface area (Å²) in [6.45, 7) is 1.71. The van der Waals surface area contributed by atoms with Crippen LogP contribution in [0.4, 0.5) is 13.2 Å². The van der Waals surface area contributed by atoms with Gasteiger partial charge in [0.2, 0.25) is 0 Å². The van der Waals surface area contributed by atoms with Crippen molar-refractivity contribution in [2.75, 3.05) is 0 Å². The fraction of sp³-hybridized carbons (Fsp3) is 0.615. The second-order valence-corrected chi connectivity index (χ2v) is 5.13. The van der Waals surface area contributed by atoms with Gasteiger partial charge in [-0.1, -0.05) is 0 Å². The maximum absolute atomic E-state index is 13.0. The molecule has 106 valence electrons. The molecule has 0 aromatic carbocycles. The number of aromatic nitrogens is 1. The van der Waals surface area contributed by atoms with E-state index in [0.717, 1.165) is 4.57 Å². The van der Waals surface area contributed by atoms with Crippen molar-refractivity contribution in [3.8, 4) is 0 Å². The molecule has 1 saturated carbocycles. The number of rotatable bonds is 1. The smallest absolute Gasteiger partial charge is 0.393 e. The Bertz CT molecular complexity index is 509. The lowest BCUT2D eigenvalue weighted by Gasteiger charge is -2.36. The molecule has 2 rings (SSSR count). The Hall–Kier alpha value is -1.30. The third-order valence-corrected chi connectivity index (χ3v) is 3.67. The average molecular weight is 275 g/mol. The molecule has 1 aliphatic carbocycles. The van der Waals surface area contributed by atoms with E-state index in [0.29, 0.717) is 5.56 Å². The number of halogens is 3. The molecule has 1 N–H and O–H groups in total. The first-order valence-corrected chi connectivity index (χ1v) is 6.22. The van der Waals surface area contributed by atoms with Crippen LogP contribution in [0.25, 0.3) is 0 Å². The van der Waals surface area contributed by atoms with Gasteiger partial charge in [0.15, 0.2) is 0 Å². The third kappa shape index (κ3) is 3.00. The summed E-state index contributed by atoms with van der Waals surface area (Å²) in [6.07, 6.45) is -3.80. The lowest BCUT2D eigenvalue weighted by atomic mass is 9.82. The van der Waals surface area contributed by atoms with Gasteiger partial charge in [-0.2, -0.15) is 13.2 Å². The fourth-order valence-corrected chi connectivity index (χ4v) is 2.68. The molecule has 0 radical (unpaired) electrons. The lowest BCUT2D eigenvalue weighted by Crippen LogP contribution is -2.41. The molecule has 1 fully saturated rings. The van der Waals surface area contributed by atoms with Crippen molar-refractivity contribution in [3.63, 3.8) is 0 Å². The summed E-state index contributed by atoms with van der Waals surface area (Å²) in [5.74, 6) is -1.57. The Morgan fingerprint density at radius 2 is 2.05 bits per heavy atom. The number of aliphatic hydroxyl groups excluding tert-OH is 1. The Labute approximate surface area is 108 Å². The fourth-order valence-electron chi connectivity index (χ4n) is 2.68. The van der Waals surface area contributed by atoms with Gasteiger partial charge in [-0.25, -0.2) is 0 Å². The zero-order valence-electron chi connectivity index (χ0n) is 10.5. The maximum atomic E-state index is 13.0. The molecule has 3 nitrogen and oxygen atoms in total. The number of pyridine rings is 1. The minimum atomic E-state index is -4.35. The molecule has 0 bridgehead atoms. The summed E-state index contributed by atoms with van der Waals surface area (Å²) in [5, 5.41) is 9.59. The number of nitrogens with zero attached hydrogens (tertiary/aromatic N) is 1. The summed E-state index contributed by atoms with van der Waals surface area (Å²) in [6, 6.07) is 1.90. The van der Waals surface area contributed by atoms with Gasteiger partial charge in [0.25, 0.3) is 5.56 Å². The van der Waals surface area contributed by atoms with Crippen molar-refractivity contribution >= 4 is 0 Å². The molecular formula is C13H16F3NO2. The van der Waals surface area contributed by atoms with E-state index >= 15 is 0 Å². The quantitative estimate of drug-likeness (QED) is 0.855. The van der Waals surface area contributed by atoms with Gasteiger partial charge in [0.1, 0.15) is 0 Å². The largest absolute Gasteiger partial charge is 0.393 e. The second-order valence-electron chi connectivity index (χ2n) is 5.13. The van der Waals surface area contributed by atoms with Crippen LogP contribution < -0.4 is 5.56 Å². The first kappa shape index (κ1) is 14.1. The van der Waals surface area contributed by atoms with Crippen molar-refractivity contribution in [2.24, 2.45) is 5.92 Å². The minimum absolute atomic E-state index is 0.0346. The molecule has 1 aliphatic rings. The Kier molecular flexibility index (Phi) is 3.71. The molecule has 3 unspecified atom stereocenters. The second kappa shape index (κ2) is 5.00. The topological polar surface area (TPSA) is 42.2 Å². The minimum Gasteiger partial charge on any atom is -0.393 e. The number of hydrogen-bond acceptors (Lipinski definition) is 2. The molecule has 1 heterocycles. The van der Waals surface area contributed by atoms with Gasteiger partial charge < -0.3 is 9.67 Å². The molecule has 0 saturated heterocycles. The van der Waals surface area contributed by atoms with Crippen LogP contribution in [0.15, 0.2) is 23.1 Å². The van der Waals surface area contributed by atoms with Crippen molar-refractivity contribution in [1.82, 2.24) is 4.57 Å². The van der Waals surface area contributed by atoms with Gasteiger partial charge in [-0.05, 0) is 37.8 Å². The first-order valence-electron chi connectivity index (χ1n) is 6.22. The molecule has 0 amide bonds. The molecule has 0 spiro atoms. The van der Waals surface area contributed by atoms with Gasteiger partial charge in [-0.3, -0.25) is 4.79 Å². The van der Waals surface area contributed by atoms with E-state index in [1.54, 1.807) is 13.0 Å². The van der Waals surface area contributed by atoms with E-state index in [2.05, 4.69) is 0 Å². The van der Waals surface area contributed by atoms with Gasteiger partial charge in [0, 0.05) is 12.3 Å². The molecule has 19 heavy (non-hydrogen) atoms. The van der Waals surface area contributed by atoms with E-state index < -0.39 is 29.8 Å². The molecule has 1 aromatic heterocycles. The van der Waals surface area contributed by atoms with Crippen LogP contribution in [-0.4, -0.2) is 22.0 Å². The molecule has 0 aliphatic heterocycles. The highest BCUT2D eigenvalue weighted by atomic mass is 19.4. The Balaban J connectivity index is 2.40. The van der Waals surface area contributed by atoms with Gasteiger partial charge in [0.05, 0.1) is 18.1 Å². The maximum Gasteiger partial charge on any atom is 0.393 e. The average Bonchev–Trinajstić information content (AvgIpc) is 2.27. The Morgan fingerprint density at radius 3 is 2.63 bits per heavy atom. The Morgan fingerprint density at radius 1 is 1.37 bits per heavy atom. The van der Waals surface area contributed by atoms with Crippen LogP contribution in [0, 0.1) is 12.8 Å². The van der Waals surface area contributed by atoms with Crippen LogP contribution in [0.1, 0.15) is 30.9 Å². The van der Waals surface area contributed by atoms with E-state index in [1.165, 1.54) is 12.3 Å². The van der Waals surface area contributed by atoms with Crippen LogP contribution >= 0.6 is 0 Å². The summed E-state index contributed by atoms with van der Waals surface area (Å²) >= 11 is 0. The SMILES string of the molecule is Cc1ccn(C2CC(O)CCC2C(F)(F)F)c(=O)c1.